The van der Waals surface area contributed by atoms with Crippen LogP contribution in [0.4, 0.5) is 0 Å². The normalized spacial score (nSPS) is 16.2. The van der Waals surface area contributed by atoms with Crippen LogP contribution in [0, 0.1) is 0 Å². The molecule has 1 aromatic carbocycles. The first-order valence-corrected chi connectivity index (χ1v) is 6.16. The second kappa shape index (κ2) is 5.17. The topological polar surface area (TPSA) is 26.3 Å². The number of carbonyl (C=O) groups excluding carboxylic acids is 1. The fourth-order valence-corrected chi connectivity index (χ4v) is 2.50. The van der Waals surface area contributed by atoms with Crippen LogP contribution >= 0.6 is 0 Å². The zero-order chi connectivity index (χ0) is 12.3. The number of Topliss-reactive ketones (excluding diaryl/α,β-unsaturated/α-hetero) is 1. The van der Waals surface area contributed by atoms with Crippen molar-refractivity contribution >= 4 is 11.4 Å². The van der Waals surface area contributed by atoms with Crippen LogP contribution in [-0.2, 0) is 4.79 Å². The van der Waals surface area contributed by atoms with Crippen LogP contribution in [-0.4, -0.2) is 12.9 Å². The molecular formula is C15H18O2. The summed E-state index contributed by atoms with van der Waals surface area (Å²) in [7, 11) is 1.68. The van der Waals surface area contributed by atoms with Gasteiger partial charge in [0.1, 0.15) is 5.75 Å². The van der Waals surface area contributed by atoms with Gasteiger partial charge in [-0.1, -0.05) is 25.1 Å². The molecule has 0 radical (unpaired) electrons. The number of para-hydroxylation sites is 1. The number of hydrogen-bond acceptors (Lipinski definition) is 2. The second-order valence-corrected chi connectivity index (χ2v) is 4.29. The molecule has 0 atom stereocenters. The maximum atomic E-state index is 11.9. The van der Waals surface area contributed by atoms with Gasteiger partial charge in [0.05, 0.1) is 7.11 Å². The fourth-order valence-electron chi connectivity index (χ4n) is 2.50. The van der Waals surface area contributed by atoms with Crippen LogP contribution in [0.5, 0.6) is 5.75 Å². The molecule has 0 heterocycles. The van der Waals surface area contributed by atoms with E-state index in [0.29, 0.717) is 12.2 Å². The number of ketones is 1. The molecule has 0 bridgehead atoms. The Bertz CT molecular complexity index is 458. The Kier molecular flexibility index (Phi) is 3.62. The third kappa shape index (κ3) is 2.26. The number of allylic oxidation sites excluding steroid dienone is 2. The van der Waals surface area contributed by atoms with Gasteiger partial charge in [0.25, 0.3) is 0 Å². The van der Waals surface area contributed by atoms with Gasteiger partial charge in [-0.05, 0) is 36.5 Å². The highest BCUT2D eigenvalue weighted by atomic mass is 16.5. The third-order valence-corrected chi connectivity index (χ3v) is 3.32. The van der Waals surface area contributed by atoms with Gasteiger partial charge in [0.2, 0.25) is 0 Å². The van der Waals surface area contributed by atoms with E-state index in [1.807, 2.05) is 31.2 Å². The van der Waals surface area contributed by atoms with E-state index in [0.717, 1.165) is 36.1 Å². The highest BCUT2D eigenvalue weighted by molar-refractivity contribution is 6.04. The van der Waals surface area contributed by atoms with Gasteiger partial charge in [-0.2, -0.15) is 0 Å². The summed E-state index contributed by atoms with van der Waals surface area (Å²) in [5.41, 5.74) is 3.25. The number of hydrogen-bond donors (Lipinski definition) is 0. The summed E-state index contributed by atoms with van der Waals surface area (Å²) in [5, 5.41) is 0. The van der Waals surface area contributed by atoms with Gasteiger partial charge in [0.15, 0.2) is 5.78 Å². The van der Waals surface area contributed by atoms with Gasteiger partial charge in [0, 0.05) is 12.0 Å². The Morgan fingerprint density at radius 2 is 2.00 bits per heavy atom. The predicted octanol–water partition coefficient (Wildman–Crippen LogP) is 3.61. The Balaban J connectivity index is 2.53. The SMILES string of the molecule is CCC1=C(c2ccccc2OC)CCCC1=O. The molecule has 1 aromatic rings. The van der Waals surface area contributed by atoms with Crippen LogP contribution in [0.1, 0.15) is 38.2 Å². The molecule has 0 aromatic heterocycles. The van der Waals surface area contributed by atoms with Gasteiger partial charge in [-0.25, -0.2) is 0 Å². The molecule has 0 N–H and O–H groups in total. The van der Waals surface area contributed by atoms with Crippen molar-refractivity contribution in [3.05, 3.63) is 35.4 Å². The molecule has 90 valence electrons. The molecule has 2 nitrogen and oxygen atoms in total. The fraction of sp³-hybridized carbons (Fsp3) is 0.400. The summed E-state index contributed by atoms with van der Waals surface area (Å²) in [5.74, 6) is 1.17. The van der Waals surface area contributed by atoms with Crippen molar-refractivity contribution < 1.29 is 9.53 Å². The summed E-state index contributed by atoms with van der Waals surface area (Å²) < 4.78 is 5.38. The Morgan fingerprint density at radius 3 is 2.71 bits per heavy atom. The Morgan fingerprint density at radius 1 is 1.24 bits per heavy atom. The van der Waals surface area contributed by atoms with Crippen molar-refractivity contribution in [3.63, 3.8) is 0 Å². The predicted molar refractivity (Wildman–Crippen MR) is 69.1 cm³/mol. The molecule has 0 saturated heterocycles. The molecule has 17 heavy (non-hydrogen) atoms. The minimum atomic E-state index is 0.305. The van der Waals surface area contributed by atoms with Crippen LogP contribution in [0.2, 0.25) is 0 Å². The lowest BCUT2D eigenvalue weighted by atomic mass is 9.85. The van der Waals surface area contributed by atoms with Gasteiger partial charge in [-0.15, -0.1) is 0 Å². The molecule has 0 unspecified atom stereocenters. The summed E-state index contributed by atoms with van der Waals surface area (Å²) in [6.45, 7) is 2.05. The maximum absolute atomic E-state index is 11.9. The van der Waals surface area contributed by atoms with Gasteiger partial charge >= 0.3 is 0 Å². The zero-order valence-corrected chi connectivity index (χ0v) is 10.5. The molecule has 2 rings (SSSR count). The quantitative estimate of drug-likeness (QED) is 0.792. The molecule has 1 aliphatic rings. The van der Waals surface area contributed by atoms with E-state index in [1.54, 1.807) is 7.11 Å². The van der Waals surface area contributed by atoms with Gasteiger partial charge in [-0.3, -0.25) is 4.79 Å². The number of methoxy groups -OCH3 is 1. The smallest absolute Gasteiger partial charge is 0.159 e. The average molecular weight is 230 g/mol. The summed E-state index contributed by atoms with van der Waals surface area (Å²) in [6.07, 6.45) is 3.44. The highest BCUT2D eigenvalue weighted by Crippen LogP contribution is 2.36. The minimum absolute atomic E-state index is 0.305. The first-order valence-electron chi connectivity index (χ1n) is 6.16. The molecule has 1 aliphatic carbocycles. The average Bonchev–Trinajstić information content (AvgIpc) is 2.38. The summed E-state index contributed by atoms with van der Waals surface area (Å²) in [6, 6.07) is 7.95. The van der Waals surface area contributed by atoms with E-state index in [9.17, 15) is 4.79 Å². The Labute approximate surface area is 102 Å². The molecule has 2 heteroatoms. The lowest BCUT2D eigenvalue weighted by molar-refractivity contribution is -0.116. The molecule has 0 aliphatic heterocycles. The first kappa shape index (κ1) is 11.9. The van der Waals surface area contributed by atoms with Gasteiger partial charge < -0.3 is 4.74 Å². The maximum Gasteiger partial charge on any atom is 0.159 e. The first-order chi connectivity index (χ1) is 8.27. The second-order valence-electron chi connectivity index (χ2n) is 4.29. The molecular weight excluding hydrogens is 212 g/mol. The molecule has 0 amide bonds. The number of rotatable bonds is 3. The van der Waals surface area contributed by atoms with Crippen LogP contribution in [0.15, 0.2) is 29.8 Å². The molecule has 0 saturated carbocycles. The van der Waals surface area contributed by atoms with Crippen LogP contribution < -0.4 is 4.74 Å². The zero-order valence-electron chi connectivity index (χ0n) is 10.5. The molecule has 0 spiro atoms. The standard InChI is InChI=1S/C15H18O2/c1-3-11-12(8-6-9-14(11)16)13-7-4-5-10-15(13)17-2/h4-5,7,10H,3,6,8-9H2,1-2H3. The number of carbonyl (C=O) groups is 1. The van der Waals surface area contributed by atoms with E-state index < -0.39 is 0 Å². The lowest BCUT2D eigenvalue weighted by Crippen LogP contribution is -2.11. The van der Waals surface area contributed by atoms with Crippen molar-refractivity contribution in [2.75, 3.05) is 7.11 Å². The number of ether oxygens (including phenoxy) is 1. The lowest BCUT2D eigenvalue weighted by Gasteiger charge is -2.20. The van der Waals surface area contributed by atoms with E-state index in [1.165, 1.54) is 5.57 Å². The van der Waals surface area contributed by atoms with E-state index >= 15 is 0 Å². The van der Waals surface area contributed by atoms with Crippen molar-refractivity contribution in [1.82, 2.24) is 0 Å². The van der Waals surface area contributed by atoms with E-state index in [-0.39, 0.29) is 0 Å². The number of benzene rings is 1. The summed E-state index contributed by atoms with van der Waals surface area (Å²) in [4.78, 5) is 11.9. The Hall–Kier alpha value is -1.57. The third-order valence-electron chi connectivity index (χ3n) is 3.32. The highest BCUT2D eigenvalue weighted by Gasteiger charge is 2.21. The van der Waals surface area contributed by atoms with E-state index in [2.05, 4.69) is 0 Å². The van der Waals surface area contributed by atoms with Crippen LogP contribution in [0.25, 0.3) is 5.57 Å². The largest absolute Gasteiger partial charge is 0.496 e. The van der Waals surface area contributed by atoms with Crippen molar-refractivity contribution in [3.8, 4) is 5.75 Å². The minimum Gasteiger partial charge on any atom is -0.496 e. The van der Waals surface area contributed by atoms with Crippen molar-refractivity contribution in [1.29, 1.82) is 0 Å². The van der Waals surface area contributed by atoms with Crippen LogP contribution in [0.3, 0.4) is 0 Å². The molecule has 0 fully saturated rings. The van der Waals surface area contributed by atoms with Crippen molar-refractivity contribution in [2.24, 2.45) is 0 Å². The van der Waals surface area contributed by atoms with Crippen molar-refractivity contribution in [2.45, 2.75) is 32.6 Å². The van der Waals surface area contributed by atoms with E-state index in [4.69, 9.17) is 4.74 Å². The monoisotopic (exact) mass is 230 g/mol. The summed E-state index contributed by atoms with van der Waals surface area (Å²) >= 11 is 0.